The van der Waals surface area contributed by atoms with Crippen molar-refractivity contribution >= 4 is 6.21 Å². The molecule has 122 valence electrons. The third kappa shape index (κ3) is 8.37. The average molecular weight is 294 g/mol. The van der Waals surface area contributed by atoms with Crippen LogP contribution in [0.25, 0.3) is 0 Å². The summed E-state index contributed by atoms with van der Waals surface area (Å²) in [5.41, 5.74) is 0. The first-order chi connectivity index (χ1) is 10.3. The Balaban J connectivity index is 1.92. The zero-order chi connectivity index (χ0) is 15.3. The van der Waals surface area contributed by atoms with E-state index in [1.54, 1.807) is 0 Å². The van der Waals surface area contributed by atoms with E-state index in [9.17, 15) is 5.11 Å². The highest BCUT2D eigenvalue weighted by molar-refractivity contribution is 5.62. The van der Waals surface area contributed by atoms with Gasteiger partial charge in [-0.25, -0.2) is 0 Å². The van der Waals surface area contributed by atoms with Crippen molar-refractivity contribution in [2.45, 2.75) is 90.4 Å². The highest BCUT2D eigenvalue weighted by Crippen LogP contribution is 2.17. The van der Waals surface area contributed by atoms with Crippen LogP contribution in [0.5, 0.6) is 0 Å². The van der Waals surface area contributed by atoms with E-state index in [0.717, 1.165) is 13.0 Å². The summed E-state index contributed by atoms with van der Waals surface area (Å²) in [6.07, 6.45) is 19.1. The zero-order valence-corrected chi connectivity index (χ0v) is 14.0. The molecule has 0 saturated heterocycles. The Morgan fingerprint density at radius 3 is 2.48 bits per heavy atom. The second-order valence-corrected chi connectivity index (χ2v) is 6.10. The number of aliphatic imine (C=N–C) groups is 1. The normalized spacial score (nSPS) is 20.6. The predicted molar refractivity (Wildman–Crippen MR) is 91.7 cm³/mol. The Morgan fingerprint density at radius 2 is 1.81 bits per heavy atom. The SMILES string of the molecule is CCCCC/C=C/CCCCCCC1N=CCN1C(C)O. The zero-order valence-electron chi connectivity index (χ0n) is 14.0. The molecular formula is C18H34N2O. The van der Waals surface area contributed by atoms with Gasteiger partial charge in [0, 0.05) is 12.8 Å². The summed E-state index contributed by atoms with van der Waals surface area (Å²) in [5.74, 6) is 0. The van der Waals surface area contributed by atoms with Crippen LogP contribution in [0.1, 0.15) is 78.1 Å². The van der Waals surface area contributed by atoms with E-state index in [0.29, 0.717) is 0 Å². The molecule has 1 N–H and O–H groups in total. The number of hydrogen-bond acceptors (Lipinski definition) is 3. The first-order valence-corrected chi connectivity index (χ1v) is 8.86. The smallest absolute Gasteiger partial charge is 0.106 e. The maximum Gasteiger partial charge on any atom is 0.106 e. The maximum atomic E-state index is 9.64. The lowest BCUT2D eigenvalue weighted by atomic mass is 10.1. The molecule has 0 radical (unpaired) electrons. The van der Waals surface area contributed by atoms with Crippen molar-refractivity contribution in [3.8, 4) is 0 Å². The molecule has 21 heavy (non-hydrogen) atoms. The van der Waals surface area contributed by atoms with Crippen molar-refractivity contribution in [1.82, 2.24) is 4.90 Å². The van der Waals surface area contributed by atoms with E-state index < -0.39 is 0 Å². The molecule has 0 amide bonds. The fraction of sp³-hybridized carbons (Fsp3) is 0.833. The molecule has 1 aliphatic rings. The van der Waals surface area contributed by atoms with Gasteiger partial charge in [0.15, 0.2) is 0 Å². The lowest BCUT2D eigenvalue weighted by Crippen LogP contribution is -2.37. The van der Waals surface area contributed by atoms with Crippen LogP contribution in [0.15, 0.2) is 17.1 Å². The minimum atomic E-state index is -0.379. The molecule has 0 spiro atoms. The van der Waals surface area contributed by atoms with Crippen LogP contribution in [0.2, 0.25) is 0 Å². The average Bonchev–Trinajstić information content (AvgIpc) is 2.93. The van der Waals surface area contributed by atoms with E-state index in [-0.39, 0.29) is 12.4 Å². The summed E-state index contributed by atoms with van der Waals surface area (Å²) in [5, 5.41) is 9.64. The van der Waals surface area contributed by atoms with Crippen LogP contribution >= 0.6 is 0 Å². The number of hydrogen-bond donors (Lipinski definition) is 1. The Bertz CT molecular complexity index is 300. The van der Waals surface area contributed by atoms with E-state index in [2.05, 4.69) is 29.0 Å². The molecule has 0 fully saturated rings. The fourth-order valence-electron chi connectivity index (χ4n) is 2.80. The minimum Gasteiger partial charge on any atom is -0.379 e. The van der Waals surface area contributed by atoms with Gasteiger partial charge in [-0.15, -0.1) is 0 Å². The third-order valence-corrected chi connectivity index (χ3v) is 4.16. The minimum absolute atomic E-state index is 0.212. The molecule has 1 rings (SSSR count). The van der Waals surface area contributed by atoms with Gasteiger partial charge in [0.2, 0.25) is 0 Å². The molecule has 0 aliphatic carbocycles. The Kier molecular flexibility index (Phi) is 10.4. The lowest BCUT2D eigenvalue weighted by Gasteiger charge is -2.25. The van der Waals surface area contributed by atoms with Crippen molar-refractivity contribution in [2.75, 3.05) is 6.54 Å². The number of aliphatic hydroxyl groups is 1. The van der Waals surface area contributed by atoms with Gasteiger partial charge in [-0.2, -0.15) is 0 Å². The van der Waals surface area contributed by atoms with Crippen LogP contribution < -0.4 is 0 Å². The molecule has 3 nitrogen and oxygen atoms in total. The van der Waals surface area contributed by atoms with Gasteiger partial charge in [0.1, 0.15) is 12.4 Å². The summed E-state index contributed by atoms with van der Waals surface area (Å²) >= 11 is 0. The number of nitrogens with zero attached hydrogens (tertiary/aromatic N) is 2. The number of aliphatic hydroxyl groups excluding tert-OH is 1. The van der Waals surface area contributed by atoms with Crippen LogP contribution in [0.3, 0.4) is 0 Å². The molecular weight excluding hydrogens is 260 g/mol. The quantitative estimate of drug-likeness (QED) is 0.424. The Hall–Kier alpha value is -0.670. The highest BCUT2D eigenvalue weighted by Gasteiger charge is 2.23. The van der Waals surface area contributed by atoms with Gasteiger partial charge in [0.25, 0.3) is 0 Å². The van der Waals surface area contributed by atoms with Gasteiger partial charge in [-0.05, 0) is 45.4 Å². The Labute approximate surface area is 131 Å². The molecule has 2 atom stereocenters. The molecule has 2 unspecified atom stereocenters. The number of unbranched alkanes of at least 4 members (excludes halogenated alkanes) is 7. The second-order valence-electron chi connectivity index (χ2n) is 6.10. The molecule has 0 aromatic carbocycles. The number of rotatable bonds is 12. The van der Waals surface area contributed by atoms with Gasteiger partial charge in [-0.1, -0.05) is 44.8 Å². The molecule has 0 aromatic rings. The molecule has 1 aliphatic heterocycles. The van der Waals surface area contributed by atoms with Crippen LogP contribution in [-0.4, -0.2) is 35.2 Å². The summed E-state index contributed by atoms with van der Waals surface area (Å²) in [4.78, 5) is 6.51. The van der Waals surface area contributed by atoms with E-state index in [4.69, 9.17) is 0 Å². The van der Waals surface area contributed by atoms with Gasteiger partial charge in [0.05, 0.1) is 0 Å². The van der Waals surface area contributed by atoms with E-state index in [1.165, 1.54) is 57.8 Å². The molecule has 1 heterocycles. The monoisotopic (exact) mass is 294 g/mol. The van der Waals surface area contributed by atoms with Crippen LogP contribution in [0.4, 0.5) is 0 Å². The van der Waals surface area contributed by atoms with Crippen molar-refractivity contribution in [2.24, 2.45) is 4.99 Å². The van der Waals surface area contributed by atoms with Crippen LogP contribution in [0, 0.1) is 0 Å². The largest absolute Gasteiger partial charge is 0.379 e. The van der Waals surface area contributed by atoms with Crippen LogP contribution in [-0.2, 0) is 0 Å². The summed E-state index contributed by atoms with van der Waals surface area (Å²) in [6.45, 7) is 4.88. The highest BCUT2D eigenvalue weighted by atomic mass is 16.3. The molecule has 0 saturated carbocycles. The van der Waals surface area contributed by atoms with E-state index in [1.807, 2.05) is 13.1 Å². The maximum absolute atomic E-state index is 9.64. The summed E-state index contributed by atoms with van der Waals surface area (Å²) < 4.78 is 0. The third-order valence-electron chi connectivity index (χ3n) is 4.16. The Morgan fingerprint density at radius 1 is 1.14 bits per heavy atom. The van der Waals surface area contributed by atoms with Crippen molar-refractivity contribution in [3.05, 3.63) is 12.2 Å². The predicted octanol–water partition coefficient (Wildman–Crippen LogP) is 4.51. The van der Waals surface area contributed by atoms with Crippen molar-refractivity contribution in [3.63, 3.8) is 0 Å². The van der Waals surface area contributed by atoms with Crippen molar-refractivity contribution < 1.29 is 5.11 Å². The van der Waals surface area contributed by atoms with E-state index >= 15 is 0 Å². The first kappa shape index (κ1) is 18.4. The first-order valence-electron chi connectivity index (χ1n) is 8.86. The molecule has 0 bridgehead atoms. The molecule has 0 aromatic heterocycles. The molecule has 3 heteroatoms. The van der Waals surface area contributed by atoms with Gasteiger partial charge < -0.3 is 5.11 Å². The summed E-state index contributed by atoms with van der Waals surface area (Å²) in [7, 11) is 0. The fourth-order valence-corrected chi connectivity index (χ4v) is 2.80. The summed E-state index contributed by atoms with van der Waals surface area (Å²) in [6, 6.07) is 0. The second kappa shape index (κ2) is 11.9. The van der Waals surface area contributed by atoms with Gasteiger partial charge in [-0.3, -0.25) is 9.89 Å². The van der Waals surface area contributed by atoms with Gasteiger partial charge >= 0.3 is 0 Å². The topological polar surface area (TPSA) is 35.8 Å². The van der Waals surface area contributed by atoms with Crippen molar-refractivity contribution in [1.29, 1.82) is 0 Å². The standard InChI is InChI=1S/C18H34N2O/c1-3-4-5-6-7-8-9-10-11-12-13-14-18-19-15-16-20(18)17(2)21/h7-8,15,17-18,21H,3-6,9-14,16H2,1-2H3/b8-7+. The number of allylic oxidation sites excluding steroid dienone is 2. The lowest BCUT2D eigenvalue weighted by molar-refractivity contribution is 0.00710.